The number of sulfonamides is 1. The van der Waals surface area contributed by atoms with Crippen LogP contribution in [0.2, 0.25) is 0 Å². The van der Waals surface area contributed by atoms with Gasteiger partial charge >= 0.3 is 0 Å². The predicted molar refractivity (Wildman–Crippen MR) is 115 cm³/mol. The van der Waals surface area contributed by atoms with Crippen molar-refractivity contribution in [3.05, 3.63) is 96.1 Å². The van der Waals surface area contributed by atoms with Crippen molar-refractivity contribution in [1.29, 1.82) is 0 Å². The summed E-state index contributed by atoms with van der Waals surface area (Å²) in [7, 11) is -2.10. The normalized spacial score (nSPS) is 12.2. The molecule has 3 rings (SSSR count). The lowest BCUT2D eigenvalue weighted by molar-refractivity contribution is -0.121. The van der Waals surface area contributed by atoms with Crippen LogP contribution in [-0.2, 0) is 21.2 Å². The zero-order valence-corrected chi connectivity index (χ0v) is 17.3. The van der Waals surface area contributed by atoms with E-state index in [1.165, 1.54) is 11.4 Å². The second-order valence-corrected chi connectivity index (χ2v) is 8.80. The minimum Gasteiger partial charge on any atom is -0.349 e. The maximum atomic E-state index is 12.7. The van der Waals surface area contributed by atoms with Crippen molar-refractivity contribution < 1.29 is 13.2 Å². The third-order valence-corrected chi connectivity index (χ3v) is 6.54. The first-order chi connectivity index (χ1) is 13.9. The molecule has 1 atom stereocenters. The number of nitrogens with one attached hydrogen (secondary N) is 1. The molecule has 0 aliphatic carbocycles. The Bertz CT molecular complexity index is 1050. The molecular formula is C23H24N2O3S. The highest BCUT2D eigenvalue weighted by atomic mass is 32.2. The van der Waals surface area contributed by atoms with Crippen LogP contribution in [0.3, 0.4) is 0 Å². The Labute approximate surface area is 172 Å². The van der Waals surface area contributed by atoms with Gasteiger partial charge in [0.2, 0.25) is 5.91 Å². The van der Waals surface area contributed by atoms with Crippen molar-refractivity contribution in [3.63, 3.8) is 0 Å². The van der Waals surface area contributed by atoms with Gasteiger partial charge in [0.05, 0.1) is 23.0 Å². The third-order valence-electron chi connectivity index (χ3n) is 4.74. The molecule has 1 amide bonds. The molecule has 0 radical (unpaired) electrons. The molecule has 0 unspecified atom stereocenters. The summed E-state index contributed by atoms with van der Waals surface area (Å²) in [6, 6.07) is 25.0. The Morgan fingerprint density at radius 1 is 0.897 bits per heavy atom. The number of carbonyl (C=O) groups is 1. The van der Waals surface area contributed by atoms with E-state index in [4.69, 9.17) is 0 Å². The lowest BCUT2D eigenvalue weighted by Crippen LogP contribution is -2.28. The molecule has 0 saturated heterocycles. The fourth-order valence-electron chi connectivity index (χ4n) is 3.02. The van der Waals surface area contributed by atoms with Gasteiger partial charge in [-0.3, -0.25) is 9.10 Å². The molecule has 0 heterocycles. The van der Waals surface area contributed by atoms with E-state index in [0.717, 1.165) is 11.1 Å². The van der Waals surface area contributed by atoms with Crippen LogP contribution in [-0.4, -0.2) is 21.4 Å². The van der Waals surface area contributed by atoms with Gasteiger partial charge in [-0.25, -0.2) is 8.42 Å². The van der Waals surface area contributed by atoms with Gasteiger partial charge in [0.1, 0.15) is 0 Å². The highest BCUT2D eigenvalue weighted by Gasteiger charge is 2.20. The molecule has 150 valence electrons. The standard InChI is InChI=1S/C23H24N2O3S/c1-18(20-9-5-3-6-10-20)24-23(26)17-19-13-15-21(16-14-19)25(2)29(27,28)22-11-7-4-8-12-22/h3-16,18H,17H2,1-2H3,(H,24,26)/t18-/m1/s1. The number of amides is 1. The van der Waals surface area contributed by atoms with Crippen LogP contribution in [0, 0.1) is 0 Å². The van der Waals surface area contributed by atoms with Crippen LogP contribution < -0.4 is 9.62 Å². The molecule has 29 heavy (non-hydrogen) atoms. The van der Waals surface area contributed by atoms with E-state index < -0.39 is 10.0 Å². The van der Waals surface area contributed by atoms with Crippen LogP contribution in [0.15, 0.2) is 89.8 Å². The van der Waals surface area contributed by atoms with Gasteiger partial charge in [-0.15, -0.1) is 0 Å². The lowest BCUT2D eigenvalue weighted by atomic mass is 10.1. The fraction of sp³-hybridized carbons (Fsp3) is 0.174. The van der Waals surface area contributed by atoms with E-state index in [9.17, 15) is 13.2 Å². The summed E-state index contributed by atoms with van der Waals surface area (Å²) in [6.07, 6.45) is 0.229. The topological polar surface area (TPSA) is 66.5 Å². The third kappa shape index (κ3) is 5.03. The smallest absolute Gasteiger partial charge is 0.264 e. The minimum absolute atomic E-state index is 0.0786. The quantitative estimate of drug-likeness (QED) is 0.644. The van der Waals surface area contributed by atoms with Crippen LogP contribution in [0.1, 0.15) is 24.1 Å². The first kappa shape index (κ1) is 20.6. The van der Waals surface area contributed by atoms with Crippen molar-refractivity contribution in [3.8, 4) is 0 Å². The number of hydrogen-bond acceptors (Lipinski definition) is 3. The summed E-state index contributed by atoms with van der Waals surface area (Å²) >= 11 is 0. The van der Waals surface area contributed by atoms with Crippen LogP contribution in [0.5, 0.6) is 0 Å². The summed E-state index contributed by atoms with van der Waals surface area (Å²) in [5, 5.41) is 2.98. The van der Waals surface area contributed by atoms with Crippen molar-refractivity contribution >= 4 is 21.6 Å². The first-order valence-corrected chi connectivity index (χ1v) is 10.8. The summed E-state index contributed by atoms with van der Waals surface area (Å²) in [4.78, 5) is 12.6. The largest absolute Gasteiger partial charge is 0.349 e. The molecule has 1 N–H and O–H groups in total. The Morgan fingerprint density at radius 3 is 2.03 bits per heavy atom. The monoisotopic (exact) mass is 408 g/mol. The number of carbonyl (C=O) groups excluding carboxylic acids is 1. The van der Waals surface area contributed by atoms with Gasteiger partial charge in [0, 0.05) is 7.05 Å². The fourth-order valence-corrected chi connectivity index (χ4v) is 4.23. The summed E-state index contributed by atoms with van der Waals surface area (Å²) in [5.74, 6) is -0.0839. The second-order valence-electron chi connectivity index (χ2n) is 6.83. The molecule has 0 saturated carbocycles. The highest BCUT2D eigenvalue weighted by Crippen LogP contribution is 2.22. The van der Waals surface area contributed by atoms with Gasteiger partial charge in [-0.05, 0) is 42.3 Å². The molecule has 0 aliphatic heterocycles. The molecular weight excluding hydrogens is 384 g/mol. The van der Waals surface area contributed by atoms with Gasteiger partial charge in [-0.2, -0.15) is 0 Å². The van der Waals surface area contributed by atoms with E-state index >= 15 is 0 Å². The van der Waals surface area contributed by atoms with Gasteiger partial charge < -0.3 is 5.32 Å². The molecule has 3 aromatic carbocycles. The molecule has 5 nitrogen and oxygen atoms in total. The minimum atomic E-state index is -3.62. The van der Waals surface area contributed by atoms with Crippen molar-refractivity contribution in [2.24, 2.45) is 0 Å². The van der Waals surface area contributed by atoms with Crippen LogP contribution >= 0.6 is 0 Å². The molecule has 3 aromatic rings. The van der Waals surface area contributed by atoms with E-state index in [2.05, 4.69) is 5.32 Å². The molecule has 0 bridgehead atoms. The van der Waals surface area contributed by atoms with E-state index in [1.54, 1.807) is 54.6 Å². The maximum Gasteiger partial charge on any atom is 0.264 e. The van der Waals surface area contributed by atoms with Crippen molar-refractivity contribution in [1.82, 2.24) is 5.32 Å². The maximum absolute atomic E-state index is 12.7. The number of nitrogens with zero attached hydrogens (tertiary/aromatic N) is 1. The zero-order chi connectivity index (χ0) is 20.9. The molecule has 0 fully saturated rings. The average molecular weight is 409 g/mol. The van der Waals surface area contributed by atoms with Gasteiger partial charge in [0.15, 0.2) is 0 Å². The molecule has 0 aliphatic rings. The first-order valence-electron chi connectivity index (χ1n) is 9.35. The van der Waals surface area contributed by atoms with Crippen LogP contribution in [0.4, 0.5) is 5.69 Å². The Kier molecular flexibility index (Phi) is 6.34. The Hall–Kier alpha value is -3.12. The van der Waals surface area contributed by atoms with Gasteiger partial charge in [-0.1, -0.05) is 60.7 Å². The van der Waals surface area contributed by atoms with Crippen molar-refractivity contribution in [2.45, 2.75) is 24.3 Å². The number of rotatable bonds is 7. The molecule has 6 heteroatoms. The number of benzene rings is 3. The lowest BCUT2D eigenvalue weighted by Gasteiger charge is -2.20. The number of hydrogen-bond donors (Lipinski definition) is 1. The summed E-state index contributed by atoms with van der Waals surface area (Å²) in [6.45, 7) is 1.94. The predicted octanol–water partition coefficient (Wildman–Crippen LogP) is 3.93. The number of anilines is 1. The van der Waals surface area contributed by atoms with Gasteiger partial charge in [0.25, 0.3) is 10.0 Å². The van der Waals surface area contributed by atoms with E-state index in [0.29, 0.717) is 5.69 Å². The summed E-state index contributed by atoms with van der Waals surface area (Å²) < 4.78 is 26.7. The second kappa shape index (κ2) is 8.92. The Morgan fingerprint density at radius 2 is 1.45 bits per heavy atom. The van der Waals surface area contributed by atoms with E-state index in [-0.39, 0.29) is 23.3 Å². The summed E-state index contributed by atoms with van der Waals surface area (Å²) in [5.41, 5.74) is 2.40. The van der Waals surface area contributed by atoms with Crippen molar-refractivity contribution in [2.75, 3.05) is 11.4 Å². The molecule has 0 aromatic heterocycles. The Balaban J connectivity index is 1.65. The zero-order valence-electron chi connectivity index (χ0n) is 16.4. The highest BCUT2D eigenvalue weighted by molar-refractivity contribution is 7.92. The van der Waals surface area contributed by atoms with E-state index in [1.807, 2.05) is 37.3 Å². The molecule has 0 spiro atoms. The SMILES string of the molecule is C[C@@H](NC(=O)Cc1ccc(N(C)S(=O)(=O)c2ccccc2)cc1)c1ccccc1. The van der Waals surface area contributed by atoms with Crippen LogP contribution in [0.25, 0.3) is 0 Å². The average Bonchev–Trinajstić information content (AvgIpc) is 2.75.